The number of amides is 1. The van der Waals surface area contributed by atoms with Crippen molar-refractivity contribution in [2.75, 3.05) is 5.32 Å². The Morgan fingerprint density at radius 1 is 1.00 bits per heavy atom. The Hall–Kier alpha value is -3.45. The summed E-state index contributed by atoms with van der Waals surface area (Å²) in [6.45, 7) is 0. The number of rotatable bonds is 3. The van der Waals surface area contributed by atoms with Crippen molar-refractivity contribution in [2.45, 2.75) is 0 Å². The quantitative estimate of drug-likeness (QED) is 0.605. The molecule has 4 aromatic rings. The van der Waals surface area contributed by atoms with Crippen molar-refractivity contribution in [3.8, 4) is 5.69 Å². The summed E-state index contributed by atoms with van der Waals surface area (Å²) in [6, 6.07) is 14.2. The number of para-hydroxylation sites is 1. The molecule has 0 saturated heterocycles. The number of nitrogens with one attached hydrogen (secondary N) is 1. The number of fused-ring (bicyclic) bond motifs is 1. The molecule has 0 aliphatic carbocycles. The lowest BCUT2D eigenvalue weighted by atomic mass is 10.3. The summed E-state index contributed by atoms with van der Waals surface area (Å²) in [4.78, 5) is 33.6. The molecule has 1 aromatic carbocycles. The summed E-state index contributed by atoms with van der Waals surface area (Å²) >= 11 is 5.78. The SMILES string of the molecule is O=C(Nc1ccc(Cl)cn1)c1cnc2ccn(-c3ccccc3)n2c1=O. The van der Waals surface area contributed by atoms with E-state index in [1.165, 1.54) is 16.9 Å². The molecular weight excluding hydrogens is 354 g/mol. The molecule has 1 N–H and O–H groups in total. The Bertz CT molecular complexity index is 1150. The van der Waals surface area contributed by atoms with Crippen molar-refractivity contribution >= 4 is 29.0 Å². The van der Waals surface area contributed by atoms with Gasteiger partial charge in [-0.2, -0.15) is 4.52 Å². The van der Waals surface area contributed by atoms with E-state index in [2.05, 4.69) is 15.3 Å². The van der Waals surface area contributed by atoms with Gasteiger partial charge >= 0.3 is 0 Å². The molecule has 7 nitrogen and oxygen atoms in total. The van der Waals surface area contributed by atoms with Crippen molar-refractivity contribution in [2.24, 2.45) is 0 Å². The highest BCUT2D eigenvalue weighted by Gasteiger charge is 2.16. The fourth-order valence-corrected chi connectivity index (χ4v) is 2.67. The summed E-state index contributed by atoms with van der Waals surface area (Å²) in [5, 5.41) is 3.02. The summed E-state index contributed by atoms with van der Waals surface area (Å²) < 4.78 is 2.99. The average molecular weight is 366 g/mol. The van der Waals surface area contributed by atoms with Crippen LogP contribution in [0.15, 0.2) is 71.9 Å². The molecule has 8 heteroatoms. The van der Waals surface area contributed by atoms with Gasteiger partial charge in [-0.1, -0.05) is 29.8 Å². The number of nitrogens with zero attached hydrogens (tertiary/aromatic N) is 4. The van der Waals surface area contributed by atoms with Gasteiger partial charge in [0.1, 0.15) is 11.4 Å². The van der Waals surface area contributed by atoms with Crippen LogP contribution in [0.25, 0.3) is 11.3 Å². The highest BCUT2D eigenvalue weighted by molar-refractivity contribution is 6.30. The lowest BCUT2D eigenvalue weighted by Gasteiger charge is -2.08. The van der Waals surface area contributed by atoms with Crippen LogP contribution in [0.3, 0.4) is 0 Å². The Balaban J connectivity index is 1.77. The maximum Gasteiger partial charge on any atom is 0.286 e. The van der Waals surface area contributed by atoms with Crippen molar-refractivity contribution in [3.05, 3.63) is 88.1 Å². The zero-order valence-electron chi connectivity index (χ0n) is 13.3. The molecule has 1 amide bonds. The highest BCUT2D eigenvalue weighted by atomic mass is 35.5. The Labute approximate surface area is 152 Å². The van der Waals surface area contributed by atoms with Crippen LogP contribution >= 0.6 is 11.6 Å². The van der Waals surface area contributed by atoms with Gasteiger partial charge in [-0.25, -0.2) is 9.97 Å². The minimum Gasteiger partial charge on any atom is -0.306 e. The molecule has 3 heterocycles. The summed E-state index contributed by atoms with van der Waals surface area (Å²) in [5.41, 5.74) is 0.661. The van der Waals surface area contributed by atoms with Crippen molar-refractivity contribution in [3.63, 3.8) is 0 Å². The molecule has 0 aliphatic heterocycles. The first-order valence-corrected chi connectivity index (χ1v) is 8.09. The molecule has 0 fully saturated rings. The molecule has 128 valence electrons. The molecule has 0 aliphatic rings. The molecule has 0 atom stereocenters. The van der Waals surface area contributed by atoms with E-state index in [-0.39, 0.29) is 5.56 Å². The smallest absolute Gasteiger partial charge is 0.286 e. The van der Waals surface area contributed by atoms with Gasteiger partial charge in [0.25, 0.3) is 11.5 Å². The number of benzene rings is 1. The summed E-state index contributed by atoms with van der Waals surface area (Å²) in [7, 11) is 0. The predicted molar refractivity (Wildman–Crippen MR) is 98.0 cm³/mol. The fraction of sp³-hybridized carbons (Fsp3) is 0. The number of aromatic nitrogens is 4. The monoisotopic (exact) mass is 365 g/mol. The molecule has 0 bridgehead atoms. The van der Waals surface area contributed by atoms with E-state index in [4.69, 9.17) is 11.6 Å². The van der Waals surface area contributed by atoms with Gasteiger partial charge < -0.3 is 5.32 Å². The van der Waals surface area contributed by atoms with Crippen LogP contribution in [0.4, 0.5) is 5.82 Å². The third-order valence-corrected chi connectivity index (χ3v) is 4.00. The number of anilines is 1. The largest absolute Gasteiger partial charge is 0.306 e. The Morgan fingerprint density at radius 2 is 1.81 bits per heavy atom. The first-order chi connectivity index (χ1) is 12.6. The van der Waals surface area contributed by atoms with Crippen molar-refractivity contribution in [1.82, 2.24) is 19.2 Å². The van der Waals surface area contributed by atoms with Gasteiger partial charge in [-0.15, -0.1) is 0 Å². The second-order valence-corrected chi connectivity index (χ2v) is 5.90. The van der Waals surface area contributed by atoms with Crippen molar-refractivity contribution in [1.29, 1.82) is 0 Å². The van der Waals surface area contributed by atoms with E-state index >= 15 is 0 Å². The van der Waals surface area contributed by atoms with E-state index in [1.54, 1.807) is 29.1 Å². The average Bonchev–Trinajstić information content (AvgIpc) is 3.09. The summed E-state index contributed by atoms with van der Waals surface area (Å²) in [6.07, 6.45) is 4.39. The third-order valence-electron chi connectivity index (χ3n) is 3.78. The zero-order valence-corrected chi connectivity index (χ0v) is 14.1. The first kappa shape index (κ1) is 16.0. The highest BCUT2D eigenvalue weighted by Crippen LogP contribution is 2.11. The van der Waals surface area contributed by atoms with Gasteiger partial charge in [-0.05, 0) is 24.3 Å². The van der Waals surface area contributed by atoms with E-state index in [9.17, 15) is 9.59 Å². The summed E-state index contributed by atoms with van der Waals surface area (Å²) in [5.74, 6) is -0.296. The van der Waals surface area contributed by atoms with Gasteiger partial charge in [-0.3, -0.25) is 14.3 Å². The van der Waals surface area contributed by atoms with Crippen LogP contribution in [0.5, 0.6) is 0 Å². The minimum absolute atomic E-state index is 0.0878. The third kappa shape index (κ3) is 2.84. The van der Waals surface area contributed by atoms with Gasteiger partial charge in [0.05, 0.1) is 10.7 Å². The second kappa shape index (κ2) is 6.45. The normalized spacial score (nSPS) is 10.8. The molecule has 0 saturated carbocycles. The topological polar surface area (TPSA) is 81.3 Å². The number of carbonyl (C=O) groups is 1. The molecular formula is C18H12ClN5O2. The van der Waals surface area contributed by atoms with Gasteiger partial charge in [0.15, 0.2) is 5.65 Å². The van der Waals surface area contributed by atoms with Crippen LogP contribution in [0.2, 0.25) is 5.02 Å². The minimum atomic E-state index is -0.590. The lowest BCUT2D eigenvalue weighted by molar-refractivity contribution is 0.102. The number of halogens is 1. The van der Waals surface area contributed by atoms with Gasteiger partial charge in [0.2, 0.25) is 0 Å². The zero-order chi connectivity index (χ0) is 18.1. The van der Waals surface area contributed by atoms with Gasteiger partial charge in [0, 0.05) is 24.7 Å². The van der Waals surface area contributed by atoms with Crippen molar-refractivity contribution < 1.29 is 4.79 Å². The molecule has 3 aromatic heterocycles. The maximum atomic E-state index is 12.9. The maximum absolute atomic E-state index is 12.9. The van der Waals surface area contributed by atoms with Crippen LogP contribution in [0, 0.1) is 0 Å². The number of pyridine rings is 1. The van der Waals surface area contributed by atoms with E-state index in [1.807, 2.05) is 30.3 Å². The molecule has 26 heavy (non-hydrogen) atoms. The fourth-order valence-electron chi connectivity index (χ4n) is 2.56. The van der Waals surface area contributed by atoms with Crippen LogP contribution in [0.1, 0.15) is 10.4 Å². The van der Waals surface area contributed by atoms with Crippen LogP contribution in [-0.2, 0) is 0 Å². The molecule has 0 radical (unpaired) electrons. The lowest BCUT2D eigenvalue weighted by Crippen LogP contribution is -2.29. The molecule has 4 rings (SSSR count). The van der Waals surface area contributed by atoms with E-state index in [0.29, 0.717) is 16.5 Å². The molecule has 0 unspecified atom stereocenters. The van der Waals surface area contributed by atoms with Crippen LogP contribution in [-0.4, -0.2) is 25.1 Å². The number of hydrogen-bond acceptors (Lipinski definition) is 4. The number of carbonyl (C=O) groups excluding carboxylic acids is 1. The second-order valence-electron chi connectivity index (χ2n) is 5.46. The number of hydrogen-bond donors (Lipinski definition) is 1. The molecule has 0 spiro atoms. The Morgan fingerprint density at radius 3 is 2.54 bits per heavy atom. The van der Waals surface area contributed by atoms with E-state index in [0.717, 1.165) is 5.69 Å². The standard InChI is InChI=1S/C18H12ClN5O2/c19-12-6-7-15(20-10-12)22-17(25)14-11-21-16-8-9-23(24(16)18(14)26)13-4-2-1-3-5-13/h1-11H,(H,20,22,25). The van der Waals surface area contributed by atoms with Crippen LogP contribution < -0.4 is 10.9 Å². The van der Waals surface area contributed by atoms with E-state index < -0.39 is 11.5 Å². The first-order valence-electron chi connectivity index (χ1n) is 7.71. The predicted octanol–water partition coefficient (Wildman–Crippen LogP) is 2.79. The Kier molecular flexibility index (Phi) is 3.98.